The lowest BCUT2D eigenvalue weighted by atomic mass is 10.1. The molecule has 0 bridgehead atoms. The van der Waals surface area contributed by atoms with Crippen LogP contribution < -0.4 is 5.73 Å². The Kier molecular flexibility index (Phi) is 4.62. The maximum atomic E-state index is 5.81. The van der Waals surface area contributed by atoms with Crippen LogP contribution in [0.1, 0.15) is 39.0 Å². The lowest BCUT2D eigenvalue weighted by molar-refractivity contribution is 0.161. The van der Waals surface area contributed by atoms with E-state index >= 15 is 0 Å². The lowest BCUT2D eigenvalue weighted by Gasteiger charge is -2.32. The van der Waals surface area contributed by atoms with Crippen molar-refractivity contribution in [1.29, 1.82) is 0 Å². The molecule has 0 radical (unpaired) electrons. The summed E-state index contributed by atoms with van der Waals surface area (Å²) in [7, 11) is 0. The van der Waals surface area contributed by atoms with Crippen molar-refractivity contribution in [2.75, 3.05) is 32.7 Å². The molecule has 0 aliphatic carbocycles. The summed E-state index contributed by atoms with van der Waals surface area (Å²) in [5.74, 6) is 0. The van der Waals surface area contributed by atoms with Gasteiger partial charge in [0.2, 0.25) is 0 Å². The Labute approximate surface area is 100.0 Å². The highest BCUT2D eigenvalue weighted by Crippen LogP contribution is 2.20. The van der Waals surface area contributed by atoms with E-state index in [0.29, 0.717) is 6.04 Å². The van der Waals surface area contributed by atoms with Gasteiger partial charge in [-0.15, -0.1) is 0 Å². The van der Waals surface area contributed by atoms with Gasteiger partial charge in [0, 0.05) is 18.6 Å². The molecule has 2 heterocycles. The summed E-state index contributed by atoms with van der Waals surface area (Å²) < 4.78 is 0. The molecule has 0 saturated carbocycles. The first-order chi connectivity index (χ1) is 7.75. The molecule has 2 fully saturated rings. The predicted octanol–water partition coefficient (Wildman–Crippen LogP) is 1.28. The fourth-order valence-corrected chi connectivity index (χ4v) is 2.98. The van der Waals surface area contributed by atoms with Crippen molar-refractivity contribution in [2.45, 2.75) is 51.1 Å². The van der Waals surface area contributed by atoms with E-state index in [1.165, 1.54) is 58.4 Å². The molecule has 2 rings (SSSR count). The van der Waals surface area contributed by atoms with Gasteiger partial charge in [-0.25, -0.2) is 0 Å². The molecule has 2 atom stereocenters. The van der Waals surface area contributed by atoms with Crippen LogP contribution >= 0.6 is 0 Å². The number of nitrogens with zero attached hydrogens (tertiary/aromatic N) is 2. The first-order valence-electron chi connectivity index (χ1n) is 6.97. The number of piperidine rings is 1. The Morgan fingerprint density at radius 2 is 1.94 bits per heavy atom. The van der Waals surface area contributed by atoms with Gasteiger partial charge in [-0.3, -0.25) is 4.90 Å². The molecule has 2 N–H and O–H groups in total. The highest BCUT2D eigenvalue weighted by atomic mass is 15.3. The predicted molar refractivity (Wildman–Crippen MR) is 68.5 cm³/mol. The van der Waals surface area contributed by atoms with Gasteiger partial charge in [-0.1, -0.05) is 6.42 Å². The number of nitrogens with two attached hydrogens (primary N) is 1. The molecular formula is C13H27N3. The molecule has 2 aliphatic heterocycles. The molecule has 0 aromatic heterocycles. The maximum Gasteiger partial charge on any atom is 0.0235 e. The van der Waals surface area contributed by atoms with E-state index < -0.39 is 0 Å². The number of rotatable bonds is 4. The lowest BCUT2D eigenvalue weighted by Crippen LogP contribution is -2.41. The van der Waals surface area contributed by atoms with E-state index in [4.69, 9.17) is 5.73 Å². The Hall–Kier alpha value is -0.120. The Morgan fingerprint density at radius 3 is 2.62 bits per heavy atom. The number of hydrogen-bond donors (Lipinski definition) is 1. The van der Waals surface area contributed by atoms with Crippen molar-refractivity contribution in [3.63, 3.8) is 0 Å². The normalized spacial score (nSPS) is 30.8. The molecule has 3 nitrogen and oxygen atoms in total. The molecule has 0 amide bonds. The molecule has 0 aromatic rings. The zero-order valence-corrected chi connectivity index (χ0v) is 10.7. The fraction of sp³-hybridized carbons (Fsp3) is 1.00. The molecule has 16 heavy (non-hydrogen) atoms. The van der Waals surface area contributed by atoms with Crippen molar-refractivity contribution in [3.8, 4) is 0 Å². The highest BCUT2D eigenvalue weighted by molar-refractivity contribution is 4.84. The largest absolute Gasteiger partial charge is 0.328 e. The van der Waals surface area contributed by atoms with E-state index in [2.05, 4.69) is 16.7 Å². The molecule has 2 unspecified atom stereocenters. The van der Waals surface area contributed by atoms with Gasteiger partial charge >= 0.3 is 0 Å². The summed E-state index contributed by atoms with van der Waals surface area (Å²) in [6.07, 6.45) is 6.79. The van der Waals surface area contributed by atoms with Crippen molar-refractivity contribution < 1.29 is 0 Å². The standard InChI is InChI=1S/C13H27N3/c1-12(14)5-9-15-10-6-13(11-15)16-7-3-2-4-8-16/h12-13H,2-11,14H2,1H3. The third kappa shape index (κ3) is 3.44. The average molecular weight is 225 g/mol. The van der Waals surface area contributed by atoms with Crippen LogP contribution in [-0.4, -0.2) is 54.6 Å². The highest BCUT2D eigenvalue weighted by Gasteiger charge is 2.27. The number of hydrogen-bond acceptors (Lipinski definition) is 3. The van der Waals surface area contributed by atoms with Gasteiger partial charge in [0.15, 0.2) is 0 Å². The summed E-state index contributed by atoms with van der Waals surface area (Å²) in [5.41, 5.74) is 5.81. The first-order valence-corrected chi connectivity index (χ1v) is 6.97. The van der Waals surface area contributed by atoms with Crippen molar-refractivity contribution in [2.24, 2.45) is 5.73 Å². The maximum absolute atomic E-state index is 5.81. The van der Waals surface area contributed by atoms with E-state index in [9.17, 15) is 0 Å². The van der Waals surface area contributed by atoms with Crippen LogP contribution in [-0.2, 0) is 0 Å². The van der Waals surface area contributed by atoms with E-state index in [0.717, 1.165) is 12.5 Å². The molecule has 94 valence electrons. The van der Waals surface area contributed by atoms with Gasteiger partial charge in [0.25, 0.3) is 0 Å². The van der Waals surface area contributed by atoms with E-state index in [1.807, 2.05) is 0 Å². The van der Waals surface area contributed by atoms with Crippen LogP contribution in [0.4, 0.5) is 0 Å². The fourth-order valence-electron chi connectivity index (χ4n) is 2.98. The van der Waals surface area contributed by atoms with E-state index in [-0.39, 0.29) is 0 Å². The topological polar surface area (TPSA) is 32.5 Å². The van der Waals surface area contributed by atoms with Crippen LogP contribution in [0.5, 0.6) is 0 Å². The summed E-state index contributed by atoms with van der Waals surface area (Å²) in [6.45, 7) is 8.55. The van der Waals surface area contributed by atoms with Gasteiger partial charge in [0.05, 0.1) is 0 Å². The molecule has 0 spiro atoms. The van der Waals surface area contributed by atoms with Gasteiger partial charge in [-0.2, -0.15) is 0 Å². The van der Waals surface area contributed by atoms with Crippen LogP contribution in [0.15, 0.2) is 0 Å². The SMILES string of the molecule is CC(N)CCN1CCC(N2CCCCC2)C1. The van der Waals surface area contributed by atoms with Crippen LogP contribution in [0, 0.1) is 0 Å². The minimum Gasteiger partial charge on any atom is -0.328 e. The zero-order chi connectivity index (χ0) is 11.4. The molecule has 0 aromatic carbocycles. The molecule has 2 saturated heterocycles. The third-order valence-corrected chi connectivity index (χ3v) is 4.06. The summed E-state index contributed by atoms with van der Waals surface area (Å²) in [4.78, 5) is 5.32. The van der Waals surface area contributed by atoms with Crippen LogP contribution in [0.2, 0.25) is 0 Å². The minimum absolute atomic E-state index is 0.356. The van der Waals surface area contributed by atoms with Crippen LogP contribution in [0.25, 0.3) is 0 Å². The summed E-state index contributed by atoms with van der Waals surface area (Å²) >= 11 is 0. The van der Waals surface area contributed by atoms with Gasteiger partial charge in [0.1, 0.15) is 0 Å². The Bertz CT molecular complexity index is 199. The first kappa shape index (κ1) is 12.3. The second-order valence-electron chi connectivity index (χ2n) is 5.61. The van der Waals surface area contributed by atoms with Gasteiger partial charge in [-0.05, 0) is 58.8 Å². The average Bonchev–Trinajstić information content (AvgIpc) is 2.76. The van der Waals surface area contributed by atoms with Crippen molar-refractivity contribution >= 4 is 0 Å². The Morgan fingerprint density at radius 1 is 1.19 bits per heavy atom. The van der Waals surface area contributed by atoms with Gasteiger partial charge < -0.3 is 10.6 Å². The zero-order valence-electron chi connectivity index (χ0n) is 10.7. The van der Waals surface area contributed by atoms with Crippen LogP contribution in [0.3, 0.4) is 0 Å². The molecular weight excluding hydrogens is 198 g/mol. The Balaban J connectivity index is 1.70. The second kappa shape index (κ2) is 5.99. The second-order valence-corrected chi connectivity index (χ2v) is 5.61. The smallest absolute Gasteiger partial charge is 0.0235 e. The summed E-state index contributed by atoms with van der Waals surface area (Å²) in [5, 5.41) is 0. The summed E-state index contributed by atoms with van der Waals surface area (Å²) in [6, 6.07) is 1.20. The molecule has 3 heteroatoms. The quantitative estimate of drug-likeness (QED) is 0.782. The minimum atomic E-state index is 0.356. The number of likely N-dealkylation sites (tertiary alicyclic amines) is 2. The van der Waals surface area contributed by atoms with Crippen molar-refractivity contribution in [3.05, 3.63) is 0 Å². The monoisotopic (exact) mass is 225 g/mol. The third-order valence-electron chi connectivity index (χ3n) is 4.06. The molecule has 2 aliphatic rings. The van der Waals surface area contributed by atoms with E-state index in [1.54, 1.807) is 0 Å². The van der Waals surface area contributed by atoms with Crippen molar-refractivity contribution in [1.82, 2.24) is 9.80 Å².